The zero-order chi connectivity index (χ0) is 37.7. The van der Waals surface area contributed by atoms with E-state index in [2.05, 4.69) is 41.5 Å². The van der Waals surface area contributed by atoms with Crippen LogP contribution in [-0.4, -0.2) is 23.1 Å². The molecule has 0 aromatic rings. The summed E-state index contributed by atoms with van der Waals surface area (Å²) >= 11 is 0. The van der Waals surface area contributed by atoms with Crippen LogP contribution in [0.2, 0.25) is 0 Å². The molecule has 0 amide bonds. The van der Waals surface area contributed by atoms with Gasteiger partial charge in [0.05, 0.1) is 0 Å². The molecule has 0 radical (unpaired) electrons. The summed E-state index contributed by atoms with van der Waals surface area (Å²) in [6, 6.07) is 0. The normalized spacial score (nSPS) is 11.8. The van der Waals surface area contributed by atoms with Crippen LogP contribution in [0.3, 0.4) is 0 Å². The van der Waals surface area contributed by atoms with Crippen molar-refractivity contribution in [2.24, 2.45) is 0 Å². The Morgan fingerprint density at radius 2 is 0.519 bits per heavy atom. The molecule has 0 saturated carbocycles. The predicted octanol–water partition coefficient (Wildman–Crippen LogP) is 13.2. The molecule has 0 aliphatic rings. The molecule has 0 heterocycles. The molecule has 0 spiro atoms. The van der Waals surface area contributed by atoms with E-state index < -0.39 is 23.1 Å². The third kappa shape index (κ3) is 35.6. The molecule has 0 aliphatic heterocycles. The molecule has 0 bridgehead atoms. The number of unbranched alkanes of at least 4 members (excludes halogenated alkanes) is 28. The fraction of sp³-hybridized carbons (Fsp3) is 0.957. The summed E-state index contributed by atoms with van der Waals surface area (Å²) in [6.07, 6.45) is 43.8. The van der Waals surface area contributed by atoms with Gasteiger partial charge in [0.1, 0.15) is 17.6 Å². The maximum absolute atomic E-state index is 13.3. The summed E-state index contributed by atoms with van der Waals surface area (Å²) in [5.74, 6) is -0.800. The van der Waals surface area contributed by atoms with Crippen molar-refractivity contribution in [3.63, 3.8) is 0 Å². The predicted molar refractivity (Wildman–Crippen MR) is 224 cm³/mol. The van der Waals surface area contributed by atoms with Gasteiger partial charge in [0.25, 0.3) is 0 Å². The second-order valence-corrected chi connectivity index (χ2v) is 16.9. The van der Waals surface area contributed by atoms with E-state index in [9.17, 15) is 9.59 Å². The summed E-state index contributed by atoms with van der Waals surface area (Å²) in [5.41, 5.74) is -1.00. The molecular weight excluding hydrogens is 652 g/mol. The Kier molecular flexibility index (Phi) is 40.7. The molecule has 0 aromatic heterocycles. The van der Waals surface area contributed by atoms with Gasteiger partial charge < -0.3 is 10.9 Å². The first-order valence-corrected chi connectivity index (χ1v) is 23.2. The van der Waals surface area contributed by atoms with Gasteiger partial charge in [0, 0.05) is 0 Å². The number of ether oxygens (including phenoxy) is 2. The number of carbonyl (C=O) groups is 2. The molecule has 0 atom stereocenters. The van der Waals surface area contributed by atoms with Gasteiger partial charge >= 0.3 is 41.5 Å². The standard InChI is InChI=1S/C47H92O4.Na.H/c1-7-11-15-19-23-27-31-35-39-46(5,40-36-32-28-24-20-16-12-8-2)50-44(48)43-45(49)51-47(6,41-37-33-29-25-21-17-13-9-3)42-38-34-30-26-22-18-14-10-4;;/h7-43H2,1-6H3;;/q;+1;-1. The Balaban J connectivity index is -0.0000125. The Bertz CT molecular complexity index is 674. The summed E-state index contributed by atoms with van der Waals surface area (Å²) in [7, 11) is 0. The molecule has 306 valence electrons. The van der Waals surface area contributed by atoms with Gasteiger partial charge in [-0.3, -0.25) is 9.59 Å². The van der Waals surface area contributed by atoms with Crippen LogP contribution in [0.25, 0.3) is 0 Å². The van der Waals surface area contributed by atoms with E-state index in [1.807, 2.05) is 0 Å². The summed E-state index contributed by atoms with van der Waals surface area (Å²) in [5, 5.41) is 0. The van der Waals surface area contributed by atoms with Crippen molar-refractivity contribution in [1.82, 2.24) is 0 Å². The maximum atomic E-state index is 13.3. The molecule has 52 heavy (non-hydrogen) atoms. The van der Waals surface area contributed by atoms with Crippen LogP contribution in [-0.2, 0) is 19.1 Å². The topological polar surface area (TPSA) is 52.6 Å². The molecule has 4 nitrogen and oxygen atoms in total. The first-order chi connectivity index (χ1) is 24.7. The van der Waals surface area contributed by atoms with Gasteiger partial charge in [-0.2, -0.15) is 0 Å². The van der Waals surface area contributed by atoms with Crippen molar-refractivity contribution < 1.29 is 50.0 Å². The van der Waals surface area contributed by atoms with Gasteiger partial charge in [0.15, 0.2) is 0 Å². The minimum Gasteiger partial charge on any atom is -1.00 e. The maximum Gasteiger partial charge on any atom is 1.00 e. The van der Waals surface area contributed by atoms with E-state index >= 15 is 0 Å². The van der Waals surface area contributed by atoms with Crippen LogP contribution in [0.5, 0.6) is 0 Å². The Morgan fingerprint density at radius 3 is 0.712 bits per heavy atom. The quantitative estimate of drug-likeness (QED) is 0.0271. The van der Waals surface area contributed by atoms with Crippen molar-refractivity contribution >= 4 is 11.9 Å². The van der Waals surface area contributed by atoms with E-state index in [0.717, 1.165) is 51.4 Å². The molecule has 0 saturated heterocycles. The van der Waals surface area contributed by atoms with Crippen LogP contribution in [0.4, 0.5) is 0 Å². The smallest absolute Gasteiger partial charge is 1.00 e. The molecule has 0 aliphatic carbocycles. The monoisotopic (exact) mass is 745 g/mol. The summed E-state index contributed by atoms with van der Waals surface area (Å²) in [4.78, 5) is 26.6. The fourth-order valence-electron chi connectivity index (χ4n) is 7.73. The van der Waals surface area contributed by atoms with Crippen LogP contribution in [0, 0.1) is 0 Å². The Morgan fingerprint density at radius 1 is 0.346 bits per heavy atom. The van der Waals surface area contributed by atoms with Crippen LogP contribution < -0.4 is 29.6 Å². The first-order valence-electron chi connectivity index (χ1n) is 23.2. The van der Waals surface area contributed by atoms with Gasteiger partial charge in [-0.25, -0.2) is 0 Å². The Labute approximate surface area is 350 Å². The second-order valence-electron chi connectivity index (χ2n) is 16.9. The third-order valence-corrected chi connectivity index (χ3v) is 11.2. The van der Waals surface area contributed by atoms with Crippen molar-refractivity contribution in [3.05, 3.63) is 0 Å². The van der Waals surface area contributed by atoms with Gasteiger partial charge in [0.2, 0.25) is 0 Å². The zero-order valence-electron chi connectivity index (χ0n) is 37.8. The summed E-state index contributed by atoms with van der Waals surface area (Å²) in [6.45, 7) is 13.3. The number of esters is 2. The average molecular weight is 745 g/mol. The minimum absolute atomic E-state index is 0. The second kappa shape index (κ2) is 39.2. The van der Waals surface area contributed by atoms with Crippen molar-refractivity contribution in [2.75, 3.05) is 0 Å². The fourth-order valence-corrected chi connectivity index (χ4v) is 7.73. The number of hydrogen-bond acceptors (Lipinski definition) is 4. The van der Waals surface area contributed by atoms with E-state index in [1.165, 1.54) is 180 Å². The molecule has 0 aromatic carbocycles. The van der Waals surface area contributed by atoms with Gasteiger partial charge in [-0.1, -0.05) is 207 Å². The SMILES string of the molecule is CCCCCCCCCCC(C)(CCCCCCCCCC)OC(=O)CC(=O)OC(C)(CCCCCCCCCC)CCCCCCCCCC.[H-].[Na+]. The molecule has 0 rings (SSSR count). The molecule has 0 fully saturated rings. The van der Waals surface area contributed by atoms with Crippen molar-refractivity contribution in [1.29, 1.82) is 0 Å². The van der Waals surface area contributed by atoms with E-state index in [0.29, 0.717) is 0 Å². The first kappa shape index (κ1) is 54.0. The van der Waals surface area contributed by atoms with E-state index in [4.69, 9.17) is 9.47 Å². The molecular formula is C47H93NaO4. The molecule has 0 N–H and O–H groups in total. The minimum atomic E-state index is -0.501. The largest absolute Gasteiger partial charge is 1.00 e. The number of rotatable bonds is 40. The number of carbonyl (C=O) groups excluding carboxylic acids is 2. The summed E-state index contributed by atoms with van der Waals surface area (Å²) < 4.78 is 12.4. The molecule has 0 unspecified atom stereocenters. The zero-order valence-corrected chi connectivity index (χ0v) is 38.8. The van der Waals surface area contributed by atoms with E-state index in [1.54, 1.807) is 0 Å². The van der Waals surface area contributed by atoms with Crippen molar-refractivity contribution in [2.45, 2.75) is 290 Å². The van der Waals surface area contributed by atoms with Crippen molar-refractivity contribution in [3.8, 4) is 0 Å². The van der Waals surface area contributed by atoms with Crippen LogP contribution in [0.1, 0.15) is 281 Å². The van der Waals surface area contributed by atoms with Gasteiger partial charge in [-0.05, 0) is 65.2 Å². The third-order valence-electron chi connectivity index (χ3n) is 11.2. The van der Waals surface area contributed by atoms with Crippen LogP contribution in [0.15, 0.2) is 0 Å². The Hall–Kier alpha value is -0.0600. The van der Waals surface area contributed by atoms with E-state index in [-0.39, 0.29) is 37.4 Å². The van der Waals surface area contributed by atoms with Crippen LogP contribution >= 0.6 is 0 Å². The van der Waals surface area contributed by atoms with Gasteiger partial charge in [-0.15, -0.1) is 0 Å². The number of hydrogen-bond donors (Lipinski definition) is 0. The molecule has 5 heteroatoms. The average Bonchev–Trinajstić information content (AvgIpc) is 3.09.